The zero-order valence-electron chi connectivity index (χ0n) is 16.4. The van der Waals surface area contributed by atoms with Crippen molar-refractivity contribution in [3.05, 3.63) is 57.9 Å². The standard InChI is InChI=1S/C20H25N5OS.HI/c1-4-17-11-23-18(27-17)12-24-20(21-3)22-10-9-16-13-26-19(25-16)15-7-5-14(2)6-8-15;/h5-8,11,13H,4,9-10,12H2,1-3H3,(H2,21,22,24);1H. The minimum absolute atomic E-state index is 0. The topological polar surface area (TPSA) is 75.3 Å². The number of oxazole rings is 1. The van der Waals surface area contributed by atoms with Crippen LogP contribution in [-0.2, 0) is 19.4 Å². The number of nitrogens with one attached hydrogen (secondary N) is 2. The summed E-state index contributed by atoms with van der Waals surface area (Å²) in [5, 5.41) is 7.65. The third-order valence-corrected chi connectivity index (χ3v) is 5.25. The van der Waals surface area contributed by atoms with Gasteiger partial charge in [-0.2, -0.15) is 0 Å². The second kappa shape index (κ2) is 11.2. The summed E-state index contributed by atoms with van der Waals surface area (Å²) in [7, 11) is 1.76. The molecule has 3 aromatic rings. The average molecular weight is 511 g/mol. The first-order valence-electron chi connectivity index (χ1n) is 9.07. The molecule has 0 unspecified atom stereocenters. The second-order valence-corrected chi connectivity index (χ2v) is 7.39. The van der Waals surface area contributed by atoms with E-state index in [-0.39, 0.29) is 24.0 Å². The molecular weight excluding hydrogens is 485 g/mol. The Bertz CT molecular complexity index is 888. The number of guanidine groups is 1. The maximum atomic E-state index is 5.60. The van der Waals surface area contributed by atoms with Crippen LogP contribution in [0.25, 0.3) is 11.5 Å². The molecule has 3 rings (SSSR count). The molecule has 0 amide bonds. The van der Waals surface area contributed by atoms with Crippen LogP contribution in [0.4, 0.5) is 0 Å². The minimum Gasteiger partial charge on any atom is -0.444 e. The van der Waals surface area contributed by atoms with Crippen molar-refractivity contribution in [1.82, 2.24) is 20.6 Å². The smallest absolute Gasteiger partial charge is 0.226 e. The van der Waals surface area contributed by atoms with E-state index in [1.807, 2.05) is 18.3 Å². The first-order chi connectivity index (χ1) is 13.2. The van der Waals surface area contributed by atoms with Gasteiger partial charge in [0.1, 0.15) is 11.3 Å². The monoisotopic (exact) mass is 511 g/mol. The minimum atomic E-state index is 0. The van der Waals surface area contributed by atoms with E-state index in [1.54, 1.807) is 24.6 Å². The van der Waals surface area contributed by atoms with Gasteiger partial charge in [-0.05, 0) is 25.5 Å². The summed E-state index contributed by atoms with van der Waals surface area (Å²) in [5.41, 5.74) is 3.13. The number of aliphatic imine (C=N–C) groups is 1. The van der Waals surface area contributed by atoms with Crippen molar-refractivity contribution in [2.45, 2.75) is 33.2 Å². The van der Waals surface area contributed by atoms with Crippen LogP contribution >= 0.6 is 35.3 Å². The Morgan fingerprint density at radius 3 is 2.68 bits per heavy atom. The van der Waals surface area contributed by atoms with Crippen LogP contribution in [0.5, 0.6) is 0 Å². The summed E-state index contributed by atoms with van der Waals surface area (Å²) in [6.45, 7) is 5.59. The van der Waals surface area contributed by atoms with E-state index in [1.165, 1.54) is 10.4 Å². The van der Waals surface area contributed by atoms with E-state index in [0.29, 0.717) is 12.4 Å². The van der Waals surface area contributed by atoms with Crippen LogP contribution in [-0.4, -0.2) is 29.5 Å². The fraction of sp³-hybridized carbons (Fsp3) is 0.350. The highest BCUT2D eigenvalue weighted by Crippen LogP contribution is 2.19. The molecule has 0 bridgehead atoms. The number of thiazole rings is 1. The lowest BCUT2D eigenvalue weighted by atomic mass is 10.1. The van der Waals surface area contributed by atoms with Crippen LogP contribution in [0.15, 0.2) is 46.1 Å². The predicted octanol–water partition coefficient (Wildman–Crippen LogP) is 4.19. The second-order valence-electron chi connectivity index (χ2n) is 6.19. The Kier molecular flexibility index (Phi) is 8.91. The molecule has 0 aliphatic carbocycles. The highest BCUT2D eigenvalue weighted by Gasteiger charge is 2.07. The number of rotatable bonds is 7. The first kappa shape index (κ1) is 22.4. The molecule has 28 heavy (non-hydrogen) atoms. The fourth-order valence-electron chi connectivity index (χ4n) is 2.53. The molecule has 0 saturated carbocycles. The van der Waals surface area contributed by atoms with Crippen LogP contribution in [0.1, 0.15) is 28.1 Å². The van der Waals surface area contributed by atoms with Crippen molar-refractivity contribution in [3.8, 4) is 11.5 Å². The molecule has 0 aliphatic rings. The van der Waals surface area contributed by atoms with Gasteiger partial charge >= 0.3 is 0 Å². The fourth-order valence-corrected chi connectivity index (χ4v) is 3.33. The predicted molar refractivity (Wildman–Crippen MR) is 125 cm³/mol. The van der Waals surface area contributed by atoms with Crippen molar-refractivity contribution in [3.63, 3.8) is 0 Å². The number of hydrogen-bond acceptors (Lipinski definition) is 5. The van der Waals surface area contributed by atoms with E-state index >= 15 is 0 Å². The van der Waals surface area contributed by atoms with Crippen molar-refractivity contribution >= 4 is 41.3 Å². The number of aryl methyl sites for hydroxylation is 2. The summed E-state index contributed by atoms with van der Waals surface area (Å²) < 4.78 is 5.60. The molecule has 0 saturated heterocycles. The number of hydrogen-bond donors (Lipinski definition) is 2. The van der Waals surface area contributed by atoms with Crippen molar-refractivity contribution in [1.29, 1.82) is 0 Å². The number of aromatic nitrogens is 2. The Hall–Kier alpha value is -1.94. The van der Waals surface area contributed by atoms with E-state index in [9.17, 15) is 0 Å². The molecule has 0 atom stereocenters. The zero-order chi connectivity index (χ0) is 19.1. The van der Waals surface area contributed by atoms with Gasteiger partial charge in [-0.15, -0.1) is 35.3 Å². The van der Waals surface area contributed by atoms with Crippen molar-refractivity contribution in [2.24, 2.45) is 4.99 Å². The average Bonchev–Trinajstić information content (AvgIpc) is 3.34. The van der Waals surface area contributed by atoms with Crippen LogP contribution in [0, 0.1) is 6.92 Å². The summed E-state index contributed by atoms with van der Waals surface area (Å²) in [4.78, 5) is 14.5. The van der Waals surface area contributed by atoms with E-state index < -0.39 is 0 Å². The quantitative estimate of drug-likeness (QED) is 0.283. The maximum Gasteiger partial charge on any atom is 0.226 e. The highest BCUT2D eigenvalue weighted by atomic mass is 127. The molecular formula is C20H26IN5OS. The summed E-state index contributed by atoms with van der Waals surface area (Å²) in [6.07, 6.45) is 5.43. The molecule has 2 aromatic heterocycles. The van der Waals surface area contributed by atoms with Crippen LogP contribution in [0.2, 0.25) is 0 Å². The first-order valence-corrected chi connectivity index (χ1v) is 9.89. The Morgan fingerprint density at radius 2 is 2.00 bits per heavy atom. The lowest BCUT2D eigenvalue weighted by molar-refractivity contribution is 0.572. The molecule has 6 nitrogen and oxygen atoms in total. The molecule has 0 aliphatic heterocycles. The summed E-state index contributed by atoms with van der Waals surface area (Å²) >= 11 is 1.73. The Labute approximate surface area is 186 Å². The van der Waals surface area contributed by atoms with Gasteiger partial charge in [0.2, 0.25) is 5.89 Å². The lowest BCUT2D eigenvalue weighted by Gasteiger charge is -2.09. The van der Waals surface area contributed by atoms with Gasteiger partial charge in [0, 0.05) is 36.7 Å². The number of nitrogens with zero attached hydrogens (tertiary/aromatic N) is 3. The van der Waals surface area contributed by atoms with Gasteiger partial charge in [0.15, 0.2) is 5.96 Å². The SMILES string of the molecule is CCc1cnc(CNC(=NC)NCCc2coc(-c3ccc(C)cc3)n2)s1.I. The molecule has 2 N–H and O–H groups in total. The van der Waals surface area contributed by atoms with Gasteiger partial charge < -0.3 is 15.1 Å². The van der Waals surface area contributed by atoms with Gasteiger partial charge in [-0.3, -0.25) is 4.99 Å². The molecule has 0 fully saturated rings. The van der Waals surface area contributed by atoms with Gasteiger partial charge in [-0.1, -0.05) is 24.6 Å². The molecule has 1 aromatic carbocycles. The van der Waals surface area contributed by atoms with Crippen molar-refractivity contribution in [2.75, 3.05) is 13.6 Å². The van der Waals surface area contributed by atoms with Gasteiger partial charge in [0.05, 0.1) is 12.2 Å². The normalized spacial score (nSPS) is 11.2. The number of halogens is 1. The molecule has 2 heterocycles. The maximum absolute atomic E-state index is 5.60. The largest absolute Gasteiger partial charge is 0.444 e. The molecule has 0 radical (unpaired) electrons. The highest BCUT2D eigenvalue weighted by molar-refractivity contribution is 14.0. The molecule has 8 heteroatoms. The van der Waals surface area contributed by atoms with E-state index in [2.05, 4.69) is 51.6 Å². The zero-order valence-corrected chi connectivity index (χ0v) is 19.5. The Balaban J connectivity index is 0.00000280. The van der Waals surface area contributed by atoms with Gasteiger partial charge in [0.25, 0.3) is 0 Å². The third kappa shape index (κ3) is 6.30. The Morgan fingerprint density at radius 1 is 1.21 bits per heavy atom. The summed E-state index contributed by atoms with van der Waals surface area (Å²) in [5.74, 6) is 1.41. The lowest BCUT2D eigenvalue weighted by Crippen LogP contribution is -2.37. The van der Waals surface area contributed by atoms with Crippen molar-refractivity contribution < 1.29 is 4.42 Å². The number of benzene rings is 1. The van der Waals surface area contributed by atoms with Gasteiger partial charge in [-0.25, -0.2) is 9.97 Å². The van der Waals surface area contributed by atoms with Crippen LogP contribution in [0.3, 0.4) is 0 Å². The van der Waals surface area contributed by atoms with E-state index in [4.69, 9.17) is 4.42 Å². The molecule has 150 valence electrons. The molecule has 0 spiro atoms. The van der Waals surface area contributed by atoms with E-state index in [0.717, 1.165) is 41.6 Å². The third-order valence-electron chi connectivity index (χ3n) is 4.10. The van der Waals surface area contributed by atoms with Crippen LogP contribution < -0.4 is 10.6 Å². The summed E-state index contributed by atoms with van der Waals surface area (Å²) in [6, 6.07) is 8.17.